The van der Waals surface area contributed by atoms with Crippen molar-refractivity contribution in [1.29, 1.82) is 0 Å². The second kappa shape index (κ2) is 3.62. The molecule has 1 saturated carbocycles. The quantitative estimate of drug-likeness (QED) is 0.702. The molecular weight excluding hydrogens is 169 g/mol. The van der Waals surface area contributed by atoms with Gasteiger partial charge in [-0.25, -0.2) is 0 Å². The van der Waals surface area contributed by atoms with Crippen molar-refractivity contribution in [3.8, 4) is 0 Å². The van der Waals surface area contributed by atoms with Crippen LogP contribution in [0.5, 0.6) is 0 Å². The van der Waals surface area contributed by atoms with Crippen LogP contribution < -0.4 is 5.73 Å². The molecule has 1 rings (SSSR count). The minimum absolute atomic E-state index is 0.134. The third kappa shape index (κ3) is 3.40. The summed E-state index contributed by atoms with van der Waals surface area (Å²) in [5.41, 5.74) is 5.20. The summed E-state index contributed by atoms with van der Waals surface area (Å²) in [5, 5.41) is 0. The number of hydrogen-bond acceptors (Lipinski definition) is 2. The summed E-state index contributed by atoms with van der Waals surface area (Å²) in [6.45, 7) is -0.161. The monoisotopic (exact) mass is 182 g/mol. The van der Waals surface area contributed by atoms with Crippen LogP contribution in [-0.4, -0.2) is 36.8 Å². The predicted molar refractivity (Wildman–Crippen MR) is 39.7 cm³/mol. The highest BCUT2D eigenvalue weighted by atomic mass is 19.4. The van der Waals surface area contributed by atoms with Gasteiger partial charge in [0, 0.05) is 19.1 Å². The predicted octanol–water partition coefficient (Wildman–Crippen LogP) is 0.972. The van der Waals surface area contributed by atoms with Gasteiger partial charge in [0.15, 0.2) is 0 Å². The van der Waals surface area contributed by atoms with Gasteiger partial charge < -0.3 is 5.73 Å². The largest absolute Gasteiger partial charge is 0.401 e. The first-order chi connectivity index (χ1) is 5.53. The molecule has 0 bridgehead atoms. The highest BCUT2D eigenvalue weighted by molar-refractivity contribution is 4.85. The molecule has 1 fully saturated rings. The lowest BCUT2D eigenvalue weighted by atomic mass is 10.4. The first kappa shape index (κ1) is 9.80. The molecule has 12 heavy (non-hydrogen) atoms. The van der Waals surface area contributed by atoms with Crippen LogP contribution in [0.1, 0.15) is 12.8 Å². The Balaban J connectivity index is 2.32. The van der Waals surface area contributed by atoms with Crippen molar-refractivity contribution in [1.82, 2.24) is 4.90 Å². The Labute approximate surface area is 69.5 Å². The maximum absolute atomic E-state index is 11.9. The zero-order chi connectivity index (χ0) is 9.19. The lowest BCUT2D eigenvalue weighted by Gasteiger charge is -2.22. The fourth-order valence-corrected chi connectivity index (χ4v) is 1.23. The van der Waals surface area contributed by atoms with Crippen molar-refractivity contribution in [2.24, 2.45) is 5.73 Å². The number of nitrogens with zero attached hydrogens (tertiary/aromatic N) is 1. The van der Waals surface area contributed by atoms with Crippen LogP contribution in [0.25, 0.3) is 0 Å². The maximum atomic E-state index is 11.9. The average Bonchev–Trinajstić information content (AvgIpc) is 2.63. The lowest BCUT2D eigenvalue weighted by Crippen LogP contribution is -2.39. The Morgan fingerprint density at radius 3 is 2.25 bits per heavy atom. The zero-order valence-electron chi connectivity index (χ0n) is 6.77. The molecule has 0 radical (unpaired) electrons. The third-order valence-electron chi connectivity index (χ3n) is 1.86. The molecule has 0 aromatic carbocycles. The second-order valence-electron chi connectivity index (χ2n) is 3.11. The summed E-state index contributed by atoms with van der Waals surface area (Å²) in [6.07, 6.45) is -2.32. The highest BCUT2D eigenvalue weighted by Gasteiger charge is 2.37. The SMILES string of the molecule is NCCN(CC(F)(F)F)C1CC1. The normalized spacial score (nSPS) is 18.8. The smallest absolute Gasteiger partial charge is 0.329 e. The van der Waals surface area contributed by atoms with Crippen LogP contribution in [0.3, 0.4) is 0 Å². The van der Waals surface area contributed by atoms with Gasteiger partial charge in [-0.2, -0.15) is 13.2 Å². The number of nitrogens with two attached hydrogens (primary N) is 1. The molecule has 0 unspecified atom stereocenters. The number of hydrogen-bond donors (Lipinski definition) is 1. The summed E-state index contributed by atoms with van der Waals surface area (Å²) in [6, 6.07) is 0.134. The van der Waals surface area contributed by atoms with Crippen LogP contribution in [0, 0.1) is 0 Å². The number of rotatable bonds is 4. The van der Waals surface area contributed by atoms with Gasteiger partial charge in [0.2, 0.25) is 0 Å². The van der Waals surface area contributed by atoms with Gasteiger partial charge in [0.1, 0.15) is 0 Å². The molecule has 0 spiro atoms. The molecule has 0 aromatic heterocycles. The minimum Gasteiger partial charge on any atom is -0.329 e. The highest BCUT2D eigenvalue weighted by Crippen LogP contribution is 2.29. The fraction of sp³-hybridized carbons (Fsp3) is 1.00. The van der Waals surface area contributed by atoms with Gasteiger partial charge in [-0.1, -0.05) is 0 Å². The van der Waals surface area contributed by atoms with Gasteiger partial charge in [0.25, 0.3) is 0 Å². The Morgan fingerprint density at radius 1 is 1.33 bits per heavy atom. The van der Waals surface area contributed by atoms with E-state index in [1.807, 2.05) is 0 Å². The average molecular weight is 182 g/mol. The van der Waals surface area contributed by atoms with Crippen molar-refractivity contribution in [3.05, 3.63) is 0 Å². The van der Waals surface area contributed by atoms with E-state index in [2.05, 4.69) is 0 Å². The number of halogens is 3. The molecule has 0 heterocycles. The van der Waals surface area contributed by atoms with E-state index >= 15 is 0 Å². The molecule has 0 atom stereocenters. The first-order valence-electron chi connectivity index (χ1n) is 4.04. The van der Waals surface area contributed by atoms with Crippen LogP contribution >= 0.6 is 0 Å². The molecule has 5 heteroatoms. The van der Waals surface area contributed by atoms with E-state index in [4.69, 9.17) is 5.73 Å². The van der Waals surface area contributed by atoms with Crippen LogP contribution in [0.4, 0.5) is 13.2 Å². The van der Waals surface area contributed by atoms with E-state index in [9.17, 15) is 13.2 Å². The summed E-state index contributed by atoms with van der Waals surface area (Å²) in [7, 11) is 0. The molecule has 0 aromatic rings. The van der Waals surface area contributed by atoms with Gasteiger partial charge in [-0.15, -0.1) is 0 Å². The second-order valence-corrected chi connectivity index (χ2v) is 3.11. The fourth-order valence-electron chi connectivity index (χ4n) is 1.23. The summed E-state index contributed by atoms with van der Waals surface area (Å²) in [5.74, 6) is 0. The van der Waals surface area contributed by atoms with Crippen molar-refractivity contribution in [2.45, 2.75) is 25.1 Å². The van der Waals surface area contributed by atoms with E-state index in [1.165, 1.54) is 4.90 Å². The molecule has 0 aliphatic heterocycles. The number of alkyl halides is 3. The zero-order valence-corrected chi connectivity index (χ0v) is 6.77. The Hall–Kier alpha value is -0.290. The van der Waals surface area contributed by atoms with E-state index in [0.29, 0.717) is 13.1 Å². The summed E-state index contributed by atoms with van der Waals surface area (Å²) in [4.78, 5) is 1.42. The van der Waals surface area contributed by atoms with Crippen molar-refractivity contribution in [3.63, 3.8) is 0 Å². The van der Waals surface area contributed by atoms with Gasteiger partial charge >= 0.3 is 6.18 Å². The molecule has 0 amide bonds. The van der Waals surface area contributed by atoms with Gasteiger partial charge in [-0.3, -0.25) is 4.90 Å². The molecule has 0 saturated heterocycles. The summed E-state index contributed by atoms with van der Waals surface area (Å²) < 4.78 is 35.8. The molecule has 2 nitrogen and oxygen atoms in total. The van der Waals surface area contributed by atoms with Crippen molar-refractivity contribution >= 4 is 0 Å². The van der Waals surface area contributed by atoms with Crippen molar-refractivity contribution in [2.75, 3.05) is 19.6 Å². The van der Waals surface area contributed by atoms with Gasteiger partial charge in [-0.05, 0) is 12.8 Å². The van der Waals surface area contributed by atoms with E-state index in [0.717, 1.165) is 12.8 Å². The molecule has 1 aliphatic rings. The van der Waals surface area contributed by atoms with E-state index in [1.54, 1.807) is 0 Å². The van der Waals surface area contributed by atoms with Crippen molar-refractivity contribution < 1.29 is 13.2 Å². The van der Waals surface area contributed by atoms with E-state index in [-0.39, 0.29) is 6.04 Å². The third-order valence-corrected chi connectivity index (χ3v) is 1.86. The molecule has 1 aliphatic carbocycles. The first-order valence-corrected chi connectivity index (χ1v) is 4.04. The minimum atomic E-state index is -4.09. The maximum Gasteiger partial charge on any atom is 0.401 e. The van der Waals surface area contributed by atoms with Crippen LogP contribution in [0.15, 0.2) is 0 Å². The lowest BCUT2D eigenvalue weighted by molar-refractivity contribution is -0.146. The standard InChI is InChI=1S/C7H13F3N2/c8-7(9,10)5-12(4-3-11)6-1-2-6/h6H,1-5,11H2. The molecular formula is C7H13F3N2. The van der Waals surface area contributed by atoms with Crippen LogP contribution in [-0.2, 0) is 0 Å². The topological polar surface area (TPSA) is 29.3 Å². The van der Waals surface area contributed by atoms with Crippen LogP contribution in [0.2, 0.25) is 0 Å². The van der Waals surface area contributed by atoms with E-state index < -0.39 is 12.7 Å². The molecule has 72 valence electrons. The Bertz CT molecular complexity index is 142. The molecule has 2 N–H and O–H groups in total. The Kier molecular flexibility index (Phi) is 2.95. The Morgan fingerprint density at radius 2 is 1.92 bits per heavy atom. The summed E-state index contributed by atoms with van der Waals surface area (Å²) >= 11 is 0. The van der Waals surface area contributed by atoms with Gasteiger partial charge in [0.05, 0.1) is 6.54 Å².